The molecule has 0 radical (unpaired) electrons. The zero-order valence-corrected chi connectivity index (χ0v) is 10.7. The highest BCUT2D eigenvalue weighted by Crippen LogP contribution is 2.19. The van der Waals surface area contributed by atoms with E-state index in [-0.39, 0.29) is 6.01 Å². The van der Waals surface area contributed by atoms with Crippen LogP contribution in [0.3, 0.4) is 0 Å². The van der Waals surface area contributed by atoms with E-state index in [0.29, 0.717) is 23.9 Å². The van der Waals surface area contributed by atoms with E-state index in [1.54, 1.807) is 18.2 Å². The second-order valence-corrected chi connectivity index (χ2v) is 3.69. The number of methoxy groups -OCH3 is 1. The lowest BCUT2D eigenvalue weighted by atomic mass is 10.1. The van der Waals surface area contributed by atoms with Gasteiger partial charge in [-0.2, -0.15) is 20.2 Å². The van der Waals surface area contributed by atoms with Crippen molar-refractivity contribution in [1.82, 2.24) is 15.0 Å². The topological polar surface area (TPSA) is 83.7 Å². The lowest BCUT2D eigenvalue weighted by molar-refractivity contribution is 0.379. The molecule has 19 heavy (non-hydrogen) atoms. The molecule has 1 heterocycles. The number of nitrogens with zero attached hydrogens (tertiary/aromatic N) is 4. The van der Waals surface area contributed by atoms with E-state index in [1.165, 1.54) is 7.11 Å². The van der Waals surface area contributed by atoms with Gasteiger partial charge in [-0.05, 0) is 19.1 Å². The van der Waals surface area contributed by atoms with Crippen molar-refractivity contribution in [3.05, 3.63) is 29.8 Å². The number of ether oxygens (including phenoxy) is 1. The van der Waals surface area contributed by atoms with Crippen LogP contribution in [0.2, 0.25) is 0 Å². The molecule has 0 spiro atoms. The van der Waals surface area contributed by atoms with E-state index in [9.17, 15) is 0 Å². The summed E-state index contributed by atoms with van der Waals surface area (Å²) in [7, 11) is 1.50. The number of nitrogens with one attached hydrogen (secondary N) is 1. The van der Waals surface area contributed by atoms with E-state index in [4.69, 9.17) is 10.00 Å². The van der Waals surface area contributed by atoms with Crippen molar-refractivity contribution in [2.45, 2.75) is 6.92 Å². The number of nitriles is 1. The Balaban J connectivity index is 2.48. The van der Waals surface area contributed by atoms with Gasteiger partial charge in [0.25, 0.3) is 0 Å². The molecule has 0 aliphatic heterocycles. The molecule has 6 heteroatoms. The predicted octanol–water partition coefficient (Wildman–Crippen LogP) is 1.85. The largest absolute Gasteiger partial charge is 0.467 e. The molecular formula is C13H13N5O. The van der Waals surface area contributed by atoms with Gasteiger partial charge >= 0.3 is 6.01 Å². The Morgan fingerprint density at radius 2 is 2.16 bits per heavy atom. The van der Waals surface area contributed by atoms with E-state index in [0.717, 1.165) is 5.56 Å². The van der Waals surface area contributed by atoms with Crippen molar-refractivity contribution in [3.63, 3.8) is 0 Å². The molecule has 2 rings (SSSR count). The maximum atomic E-state index is 8.91. The van der Waals surface area contributed by atoms with Crippen molar-refractivity contribution in [2.75, 3.05) is 19.0 Å². The number of rotatable bonds is 4. The van der Waals surface area contributed by atoms with Crippen LogP contribution in [0.25, 0.3) is 11.4 Å². The van der Waals surface area contributed by atoms with Gasteiger partial charge in [0.05, 0.1) is 18.7 Å². The van der Waals surface area contributed by atoms with Gasteiger partial charge in [-0.1, -0.05) is 12.1 Å². The highest BCUT2D eigenvalue weighted by molar-refractivity contribution is 5.59. The summed E-state index contributed by atoms with van der Waals surface area (Å²) in [5.74, 6) is 0.923. The molecule has 96 valence electrons. The lowest BCUT2D eigenvalue weighted by Crippen LogP contribution is -2.06. The van der Waals surface area contributed by atoms with E-state index >= 15 is 0 Å². The molecule has 0 atom stereocenters. The van der Waals surface area contributed by atoms with Crippen molar-refractivity contribution in [2.24, 2.45) is 0 Å². The molecular weight excluding hydrogens is 242 g/mol. The fourth-order valence-electron chi connectivity index (χ4n) is 1.54. The Morgan fingerprint density at radius 1 is 1.32 bits per heavy atom. The molecule has 0 unspecified atom stereocenters. The van der Waals surface area contributed by atoms with Crippen molar-refractivity contribution in [3.8, 4) is 23.5 Å². The highest BCUT2D eigenvalue weighted by atomic mass is 16.5. The molecule has 0 saturated carbocycles. The van der Waals surface area contributed by atoms with Gasteiger partial charge in [0.1, 0.15) is 0 Å². The van der Waals surface area contributed by atoms with Crippen LogP contribution in [0.5, 0.6) is 6.01 Å². The van der Waals surface area contributed by atoms with Gasteiger partial charge < -0.3 is 10.1 Å². The first-order chi connectivity index (χ1) is 9.26. The van der Waals surface area contributed by atoms with Crippen LogP contribution in [-0.4, -0.2) is 28.6 Å². The average molecular weight is 255 g/mol. The first-order valence-electron chi connectivity index (χ1n) is 5.81. The number of anilines is 1. The summed E-state index contributed by atoms with van der Waals surface area (Å²) in [5, 5.41) is 11.9. The second kappa shape index (κ2) is 5.78. The summed E-state index contributed by atoms with van der Waals surface area (Å²) in [5.41, 5.74) is 1.31. The van der Waals surface area contributed by atoms with Crippen molar-refractivity contribution < 1.29 is 4.74 Å². The van der Waals surface area contributed by atoms with Crippen LogP contribution in [0.15, 0.2) is 24.3 Å². The molecule has 0 aliphatic carbocycles. The lowest BCUT2D eigenvalue weighted by Gasteiger charge is -2.06. The van der Waals surface area contributed by atoms with Crippen molar-refractivity contribution in [1.29, 1.82) is 5.26 Å². The van der Waals surface area contributed by atoms with Crippen LogP contribution in [0.1, 0.15) is 12.5 Å². The third-order valence-electron chi connectivity index (χ3n) is 2.38. The maximum Gasteiger partial charge on any atom is 0.321 e. The Bertz CT molecular complexity index is 621. The monoisotopic (exact) mass is 255 g/mol. The molecule has 6 nitrogen and oxygen atoms in total. The van der Waals surface area contributed by atoms with Crippen LogP contribution in [-0.2, 0) is 0 Å². The minimum Gasteiger partial charge on any atom is -0.467 e. The number of aromatic nitrogens is 3. The van der Waals surface area contributed by atoms with Gasteiger partial charge in [0, 0.05) is 12.1 Å². The average Bonchev–Trinajstić information content (AvgIpc) is 2.47. The van der Waals surface area contributed by atoms with E-state index in [1.807, 2.05) is 13.0 Å². The maximum absolute atomic E-state index is 8.91. The first-order valence-corrected chi connectivity index (χ1v) is 5.81. The third kappa shape index (κ3) is 2.96. The zero-order valence-electron chi connectivity index (χ0n) is 10.7. The van der Waals surface area contributed by atoms with Gasteiger partial charge in [0.2, 0.25) is 5.95 Å². The van der Waals surface area contributed by atoms with Crippen LogP contribution in [0.4, 0.5) is 5.95 Å². The molecule has 1 N–H and O–H groups in total. The molecule has 0 saturated heterocycles. The van der Waals surface area contributed by atoms with Crippen LogP contribution >= 0.6 is 0 Å². The molecule has 2 aromatic rings. The van der Waals surface area contributed by atoms with Gasteiger partial charge in [-0.25, -0.2) is 0 Å². The minimum absolute atomic E-state index is 0.239. The quantitative estimate of drug-likeness (QED) is 0.897. The zero-order chi connectivity index (χ0) is 13.7. The Hall–Kier alpha value is -2.68. The van der Waals surface area contributed by atoms with Crippen LogP contribution in [0, 0.1) is 11.3 Å². The van der Waals surface area contributed by atoms with Crippen LogP contribution < -0.4 is 10.1 Å². The van der Waals surface area contributed by atoms with Gasteiger partial charge in [-0.3, -0.25) is 0 Å². The smallest absolute Gasteiger partial charge is 0.321 e. The minimum atomic E-state index is 0.239. The molecule has 0 aliphatic rings. The third-order valence-corrected chi connectivity index (χ3v) is 2.38. The first kappa shape index (κ1) is 12.8. The summed E-state index contributed by atoms with van der Waals surface area (Å²) >= 11 is 0. The number of benzene rings is 1. The fraction of sp³-hybridized carbons (Fsp3) is 0.231. The summed E-state index contributed by atoms with van der Waals surface area (Å²) in [6.45, 7) is 2.65. The second-order valence-electron chi connectivity index (χ2n) is 3.69. The standard InChI is InChI=1S/C13H13N5O/c1-3-15-12-16-11(17-13(18-12)19-2)10-6-4-5-9(7-10)8-14/h4-7H,3H2,1-2H3,(H,15,16,17,18). The molecule has 0 bridgehead atoms. The molecule has 1 aromatic heterocycles. The van der Waals surface area contributed by atoms with E-state index in [2.05, 4.69) is 26.3 Å². The SMILES string of the molecule is CCNc1nc(OC)nc(-c2cccc(C#N)c2)n1. The molecule has 0 fully saturated rings. The number of hydrogen-bond donors (Lipinski definition) is 1. The van der Waals surface area contributed by atoms with Crippen molar-refractivity contribution >= 4 is 5.95 Å². The summed E-state index contributed by atoms with van der Waals surface area (Å²) in [6, 6.07) is 9.41. The Labute approximate surface area is 111 Å². The van der Waals surface area contributed by atoms with Gasteiger partial charge in [-0.15, -0.1) is 0 Å². The summed E-state index contributed by atoms with van der Waals surface area (Å²) in [6.07, 6.45) is 0. The summed E-state index contributed by atoms with van der Waals surface area (Å²) in [4.78, 5) is 12.6. The molecule has 1 aromatic carbocycles. The summed E-state index contributed by atoms with van der Waals surface area (Å²) < 4.78 is 5.05. The Kier molecular flexibility index (Phi) is 3.88. The normalized spacial score (nSPS) is 9.74. The van der Waals surface area contributed by atoms with Gasteiger partial charge in [0.15, 0.2) is 5.82 Å². The highest BCUT2D eigenvalue weighted by Gasteiger charge is 2.08. The van der Waals surface area contributed by atoms with E-state index < -0.39 is 0 Å². The number of hydrogen-bond acceptors (Lipinski definition) is 6. The fourth-order valence-corrected chi connectivity index (χ4v) is 1.54. The predicted molar refractivity (Wildman–Crippen MR) is 70.7 cm³/mol. The Morgan fingerprint density at radius 3 is 2.84 bits per heavy atom. The molecule has 0 amide bonds.